The maximum atomic E-state index is 12.9. The summed E-state index contributed by atoms with van der Waals surface area (Å²) in [4.78, 5) is 27.6. The van der Waals surface area contributed by atoms with Gasteiger partial charge in [-0.2, -0.15) is 8.78 Å². The van der Waals surface area contributed by atoms with Crippen LogP contribution in [0.25, 0.3) is 0 Å². The summed E-state index contributed by atoms with van der Waals surface area (Å²) >= 11 is 0. The van der Waals surface area contributed by atoms with Gasteiger partial charge in [0.05, 0.1) is 29.5 Å². The number of phenolic OH excluding ortho intramolecular Hbond substituents is 1. The molecule has 0 aromatic heterocycles. The highest BCUT2D eigenvalue weighted by atomic mass is 32.2. The van der Waals surface area contributed by atoms with Crippen molar-refractivity contribution in [2.45, 2.75) is 176 Å². The first kappa shape index (κ1) is 62.6. The Balaban J connectivity index is 0.000000196. The lowest BCUT2D eigenvalue weighted by Gasteiger charge is -2.60. The summed E-state index contributed by atoms with van der Waals surface area (Å²) in [6, 6.07) is 47.5. The van der Waals surface area contributed by atoms with E-state index in [0.717, 1.165) is 56.1 Å². The summed E-state index contributed by atoms with van der Waals surface area (Å²) in [5.74, 6) is 3.05. The van der Waals surface area contributed by atoms with Gasteiger partial charge in [0, 0.05) is 0 Å². The highest BCUT2D eigenvalue weighted by molar-refractivity contribution is 7.97. The predicted octanol–water partition coefficient (Wildman–Crippen LogP) is 16.1. The molecular formula is C64H84F2O9S2. The number of carbonyl (C=O) groups excluding carboxylic acids is 2. The van der Waals surface area contributed by atoms with Gasteiger partial charge >= 0.3 is 17.2 Å². The van der Waals surface area contributed by atoms with Crippen LogP contribution in [0.3, 0.4) is 0 Å². The van der Waals surface area contributed by atoms with E-state index < -0.39 is 21.3 Å². The Morgan fingerprint density at radius 1 is 0.636 bits per heavy atom. The van der Waals surface area contributed by atoms with Gasteiger partial charge in [-0.1, -0.05) is 120 Å². The molecule has 2 unspecified atom stereocenters. The third-order valence-electron chi connectivity index (χ3n) is 16.0. The van der Waals surface area contributed by atoms with E-state index in [1.807, 2.05) is 50.2 Å². The Hall–Kier alpha value is -5.24. The first-order valence-electron chi connectivity index (χ1n) is 27.8. The number of hydrogen-bond donors (Lipinski definition) is 1. The van der Waals surface area contributed by atoms with E-state index in [9.17, 15) is 31.3 Å². The maximum Gasteiger partial charge on any atom is 0.428 e. The van der Waals surface area contributed by atoms with E-state index >= 15 is 0 Å². The number of carbonyl (C=O) groups is 2. The molecule has 4 aliphatic carbocycles. The van der Waals surface area contributed by atoms with Gasteiger partial charge in [-0.3, -0.25) is 4.79 Å². The van der Waals surface area contributed by atoms with Crippen molar-refractivity contribution in [2.75, 3.05) is 13.2 Å². The van der Waals surface area contributed by atoms with Gasteiger partial charge < -0.3 is 23.9 Å². The Kier molecular flexibility index (Phi) is 24.1. The number of rotatable bonds is 21. The van der Waals surface area contributed by atoms with Crippen LogP contribution < -0.4 is 4.74 Å². The molecule has 77 heavy (non-hydrogen) atoms. The summed E-state index contributed by atoms with van der Waals surface area (Å²) < 4.78 is 72.6. The minimum atomic E-state index is -6.07. The SMILES string of the molecule is CCC(C)(C)C(=O)OC1(CC)C2CC3CC(C2)CC1C3.CCC(C)c1ccc(O)cc1.CCC(C)c1ccc(OCCCCCCOC(=O)C(F)(F)S(=O)(=O)[O-])cc1.c1ccc([S+](c2ccccc2)c2ccccc2)cc1. The van der Waals surface area contributed by atoms with E-state index in [-0.39, 0.29) is 40.9 Å². The normalized spacial score (nSPS) is 20.2. The Bertz CT molecular complexity index is 2510. The second-order valence-corrected chi connectivity index (χ2v) is 25.1. The number of alkyl halides is 2. The van der Waals surface area contributed by atoms with Gasteiger partial charge in [0.25, 0.3) is 0 Å². The van der Waals surface area contributed by atoms with Crippen molar-refractivity contribution in [1.29, 1.82) is 0 Å². The molecule has 2 atom stereocenters. The van der Waals surface area contributed by atoms with Crippen LogP contribution in [0.5, 0.6) is 11.5 Å². The topological polar surface area (TPSA) is 139 Å². The molecule has 0 radical (unpaired) electrons. The molecule has 0 spiro atoms. The number of aromatic hydroxyl groups is 1. The van der Waals surface area contributed by atoms with Crippen LogP contribution in [0.1, 0.15) is 162 Å². The highest BCUT2D eigenvalue weighted by Crippen LogP contribution is 2.61. The summed E-state index contributed by atoms with van der Waals surface area (Å²) in [6.45, 7) is 17.1. The first-order valence-corrected chi connectivity index (χ1v) is 30.5. The zero-order valence-corrected chi connectivity index (χ0v) is 48.3. The number of benzene rings is 5. The third kappa shape index (κ3) is 17.6. The molecule has 1 N–H and O–H groups in total. The van der Waals surface area contributed by atoms with Crippen LogP contribution in [0, 0.1) is 29.1 Å². The lowest BCUT2D eigenvalue weighted by atomic mass is 9.49. The molecule has 4 bridgehead atoms. The molecule has 0 amide bonds. The highest BCUT2D eigenvalue weighted by Gasteiger charge is 2.59. The molecule has 0 saturated heterocycles. The summed E-state index contributed by atoms with van der Waals surface area (Å²) in [5, 5.41) is 3.96. The molecule has 4 fully saturated rings. The monoisotopic (exact) mass is 1100 g/mol. The number of phenols is 1. The smallest absolute Gasteiger partial charge is 0.428 e. The van der Waals surface area contributed by atoms with Crippen molar-refractivity contribution in [2.24, 2.45) is 29.1 Å². The third-order valence-corrected chi connectivity index (χ3v) is 19.0. The number of unbranched alkanes of at least 4 members (excludes halogenated alkanes) is 3. The summed E-state index contributed by atoms with van der Waals surface area (Å²) in [5.41, 5.74) is 2.09. The average molecular weight is 1100 g/mol. The molecule has 13 heteroatoms. The van der Waals surface area contributed by atoms with E-state index in [1.165, 1.54) is 57.9 Å². The molecule has 4 saturated carbocycles. The molecule has 5 aromatic carbocycles. The lowest BCUT2D eigenvalue weighted by molar-refractivity contribution is -0.218. The van der Waals surface area contributed by atoms with E-state index in [4.69, 9.17) is 14.6 Å². The fourth-order valence-electron chi connectivity index (χ4n) is 10.6. The summed E-state index contributed by atoms with van der Waals surface area (Å²) in [6.07, 6.45) is 13.1. The Labute approximate surface area is 462 Å². The van der Waals surface area contributed by atoms with Crippen LogP contribution in [0.2, 0.25) is 0 Å². The summed E-state index contributed by atoms with van der Waals surface area (Å²) in [7, 11) is -6.08. The van der Waals surface area contributed by atoms with E-state index in [1.54, 1.807) is 12.1 Å². The minimum absolute atomic E-state index is 0.0146. The van der Waals surface area contributed by atoms with Crippen LogP contribution >= 0.6 is 0 Å². The second-order valence-electron chi connectivity index (χ2n) is 21.6. The van der Waals surface area contributed by atoms with Crippen LogP contribution in [-0.2, 0) is 40.1 Å². The van der Waals surface area contributed by atoms with E-state index in [0.29, 0.717) is 42.4 Å². The van der Waals surface area contributed by atoms with Gasteiger partial charge in [-0.05, 0) is 205 Å². The van der Waals surface area contributed by atoms with Crippen LogP contribution in [0.4, 0.5) is 8.78 Å². The zero-order chi connectivity index (χ0) is 56.2. The quantitative estimate of drug-likeness (QED) is 0.0329. The van der Waals surface area contributed by atoms with Crippen molar-refractivity contribution < 1.29 is 50.7 Å². The van der Waals surface area contributed by atoms with Crippen molar-refractivity contribution in [3.8, 4) is 11.5 Å². The van der Waals surface area contributed by atoms with Crippen molar-refractivity contribution in [3.63, 3.8) is 0 Å². The molecule has 420 valence electrons. The van der Waals surface area contributed by atoms with E-state index in [2.05, 4.69) is 137 Å². The molecule has 9 rings (SSSR count). The van der Waals surface area contributed by atoms with Crippen molar-refractivity contribution in [3.05, 3.63) is 151 Å². The van der Waals surface area contributed by atoms with Gasteiger partial charge in [0.15, 0.2) is 24.8 Å². The van der Waals surface area contributed by atoms with Gasteiger partial charge in [0.2, 0.25) is 0 Å². The Morgan fingerprint density at radius 2 is 1.05 bits per heavy atom. The fraction of sp³-hybridized carbons (Fsp3) is 0.500. The molecule has 5 aromatic rings. The molecule has 0 heterocycles. The predicted molar refractivity (Wildman–Crippen MR) is 303 cm³/mol. The van der Waals surface area contributed by atoms with Crippen LogP contribution in [-0.4, -0.2) is 54.1 Å². The van der Waals surface area contributed by atoms with Gasteiger partial charge in [-0.25, -0.2) is 13.2 Å². The second kappa shape index (κ2) is 29.7. The molecule has 9 nitrogen and oxygen atoms in total. The fourth-order valence-corrected chi connectivity index (χ4v) is 13.0. The Morgan fingerprint density at radius 3 is 1.44 bits per heavy atom. The number of halogens is 2. The minimum Gasteiger partial charge on any atom is -0.743 e. The number of esters is 2. The first-order chi connectivity index (χ1) is 36.7. The van der Waals surface area contributed by atoms with Crippen LogP contribution in [0.15, 0.2) is 154 Å². The number of ether oxygens (including phenoxy) is 3. The maximum absolute atomic E-state index is 12.9. The van der Waals surface area contributed by atoms with Gasteiger partial charge in [0.1, 0.15) is 17.1 Å². The number of hydrogen-bond acceptors (Lipinski definition) is 9. The van der Waals surface area contributed by atoms with Crippen molar-refractivity contribution in [1.82, 2.24) is 0 Å². The molecule has 0 aliphatic heterocycles. The zero-order valence-electron chi connectivity index (χ0n) is 46.6. The average Bonchev–Trinajstić information content (AvgIpc) is 3.43. The van der Waals surface area contributed by atoms with Crippen molar-refractivity contribution >= 4 is 33.0 Å². The standard InChI is InChI=1S/C18H26F2O6S.C18H30O2.C18H15S.C10H14O/c1-3-14(2)15-8-10-16(11-9-15)25-12-6-4-5-7-13-26-17(21)18(19,20)27(22,23)24;1-5-17(3,4)16(19)20-18(6-2)14-8-12-7-13(10-14)11-15(18)9-12;1-4-10-16(11-5-1)19(17-12-6-2-7-13-17)18-14-8-3-9-15-18;1-3-8(2)9-4-6-10(11)7-5-9/h8-11,14H,3-7,12-13H2,1-2H3,(H,22,23,24);12-15H,5-11H2,1-4H3;1-15H;4-8,11H,3H2,1-2H3/q;;+1;/p-1. The molecular weight excluding hydrogens is 1010 g/mol. The largest absolute Gasteiger partial charge is 0.743 e. The molecule has 4 aliphatic rings. The lowest BCUT2D eigenvalue weighted by Crippen LogP contribution is -2.60. The van der Waals surface area contributed by atoms with Gasteiger partial charge in [-0.15, -0.1) is 0 Å².